The van der Waals surface area contributed by atoms with Crippen LogP contribution in [0.25, 0.3) is 0 Å². The van der Waals surface area contributed by atoms with E-state index in [2.05, 4.69) is 4.98 Å². The van der Waals surface area contributed by atoms with Crippen molar-refractivity contribution in [3.63, 3.8) is 0 Å². The second-order valence-corrected chi connectivity index (χ2v) is 4.76. The number of nitrogens with two attached hydrogens (primary N) is 1. The Morgan fingerprint density at radius 1 is 1.33 bits per heavy atom. The lowest BCUT2D eigenvalue weighted by molar-refractivity contribution is 0.303. The molecule has 0 amide bonds. The van der Waals surface area contributed by atoms with Gasteiger partial charge in [0.1, 0.15) is 11.6 Å². The van der Waals surface area contributed by atoms with Gasteiger partial charge in [0.25, 0.3) is 0 Å². The normalized spacial score (nSPS) is 16.6. The summed E-state index contributed by atoms with van der Waals surface area (Å²) < 4.78 is 7.66. The molecule has 1 heterocycles. The van der Waals surface area contributed by atoms with Crippen LogP contribution in [0.15, 0.2) is 36.7 Å². The fourth-order valence-corrected chi connectivity index (χ4v) is 1.96. The van der Waals surface area contributed by atoms with E-state index in [0.717, 1.165) is 17.1 Å². The summed E-state index contributed by atoms with van der Waals surface area (Å²) in [6.45, 7) is 0. The fraction of sp³-hybridized carbons (Fsp3) is 0.357. The van der Waals surface area contributed by atoms with E-state index in [1.54, 1.807) is 6.20 Å². The van der Waals surface area contributed by atoms with Crippen LogP contribution in [0.3, 0.4) is 0 Å². The summed E-state index contributed by atoms with van der Waals surface area (Å²) in [7, 11) is 1.95. The predicted octanol–water partition coefficient (Wildman–Crippen LogP) is 2.01. The minimum Gasteiger partial charge on any atom is -0.490 e. The molecule has 1 aromatic carbocycles. The molecular formula is C14H17N3O. The van der Waals surface area contributed by atoms with Crippen LogP contribution in [0.1, 0.15) is 30.3 Å². The Labute approximate surface area is 106 Å². The maximum absolute atomic E-state index is 6.20. The number of ether oxygens (including phenoxy) is 1. The summed E-state index contributed by atoms with van der Waals surface area (Å²) in [6, 6.07) is 7.79. The molecule has 0 spiro atoms. The Kier molecular flexibility index (Phi) is 2.80. The van der Waals surface area contributed by atoms with Crippen molar-refractivity contribution in [1.29, 1.82) is 0 Å². The van der Waals surface area contributed by atoms with Crippen molar-refractivity contribution >= 4 is 0 Å². The first-order chi connectivity index (χ1) is 8.74. The van der Waals surface area contributed by atoms with Crippen LogP contribution in [0, 0.1) is 0 Å². The maximum atomic E-state index is 6.20. The van der Waals surface area contributed by atoms with Crippen molar-refractivity contribution in [3.8, 4) is 5.75 Å². The van der Waals surface area contributed by atoms with Crippen LogP contribution in [0.4, 0.5) is 0 Å². The van der Waals surface area contributed by atoms with Crippen molar-refractivity contribution in [1.82, 2.24) is 9.55 Å². The fourth-order valence-electron chi connectivity index (χ4n) is 1.96. The van der Waals surface area contributed by atoms with Gasteiger partial charge in [-0.1, -0.05) is 12.1 Å². The van der Waals surface area contributed by atoms with Gasteiger partial charge < -0.3 is 15.0 Å². The highest BCUT2D eigenvalue weighted by atomic mass is 16.5. The second-order valence-electron chi connectivity index (χ2n) is 4.76. The Morgan fingerprint density at radius 3 is 2.61 bits per heavy atom. The topological polar surface area (TPSA) is 53.1 Å². The van der Waals surface area contributed by atoms with Gasteiger partial charge in [-0.25, -0.2) is 4.98 Å². The van der Waals surface area contributed by atoms with E-state index in [0.29, 0.717) is 6.10 Å². The van der Waals surface area contributed by atoms with Gasteiger partial charge >= 0.3 is 0 Å². The van der Waals surface area contributed by atoms with Gasteiger partial charge in [0.15, 0.2) is 0 Å². The van der Waals surface area contributed by atoms with Gasteiger partial charge in [0.05, 0.1) is 12.1 Å². The predicted molar refractivity (Wildman–Crippen MR) is 69.3 cm³/mol. The van der Waals surface area contributed by atoms with Crippen LogP contribution < -0.4 is 10.5 Å². The molecule has 3 rings (SSSR count). The number of imidazole rings is 1. The summed E-state index contributed by atoms with van der Waals surface area (Å²) in [6.07, 6.45) is 6.45. The number of hydrogen-bond acceptors (Lipinski definition) is 3. The number of aryl methyl sites for hydroxylation is 1. The van der Waals surface area contributed by atoms with Crippen molar-refractivity contribution in [2.45, 2.75) is 25.0 Å². The van der Waals surface area contributed by atoms with Gasteiger partial charge in [-0.3, -0.25) is 0 Å². The molecule has 4 heteroatoms. The lowest BCUT2D eigenvalue weighted by Gasteiger charge is -2.13. The Morgan fingerprint density at radius 2 is 2.06 bits per heavy atom. The summed E-state index contributed by atoms with van der Waals surface area (Å²) in [5.41, 5.74) is 7.25. The molecule has 1 aromatic heterocycles. The van der Waals surface area contributed by atoms with E-state index >= 15 is 0 Å². The maximum Gasteiger partial charge on any atom is 0.129 e. The number of aromatic nitrogens is 2. The van der Waals surface area contributed by atoms with E-state index < -0.39 is 0 Å². The quantitative estimate of drug-likeness (QED) is 0.893. The Hall–Kier alpha value is -1.81. The molecule has 0 aliphatic heterocycles. The molecule has 2 N–H and O–H groups in total. The molecule has 1 aliphatic carbocycles. The van der Waals surface area contributed by atoms with Crippen LogP contribution >= 0.6 is 0 Å². The van der Waals surface area contributed by atoms with Crippen LogP contribution in [0.2, 0.25) is 0 Å². The molecule has 0 bridgehead atoms. The molecular weight excluding hydrogens is 226 g/mol. The van der Waals surface area contributed by atoms with Crippen molar-refractivity contribution < 1.29 is 4.74 Å². The molecule has 1 fully saturated rings. The number of rotatable bonds is 4. The van der Waals surface area contributed by atoms with Crippen LogP contribution in [0.5, 0.6) is 5.75 Å². The van der Waals surface area contributed by atoms with Crippen molar-refractivity contribution in [2.75, 3.05) is 0 Å². The molecule has 0 saturated heterocycles. The van der Waals surface area contributed by atoms with Crippen LogP contribution in [-0.4, -0.2) is 15.7 Å². The SMILES string of the molecule is Cn1ccnc1C(N)c1ccc(OC2CC2)cc1. The van der Waals surface area contributed by atoms with E-state index in [1.807, 2.05) is 42.1 Å². The number of hydrogen-bond donors (Lipinski definition) is 1. The minimum atomic E-state index is -0.194. The van der Waals surface area contributed by atoms with Gasteiger partial charge in [-0.2, -0.15) is 0 Å². The molecule has 18 heavy (non-hydrogen) atoms. The number of nitrogens with zero attached hydrogens (tertiary/aromatic N) is 2. The first-order valence-electron chi connectivity index (χ1n) is 6.23. The third kappa shape index (κ3) is 2.24. The molecule has 1 atom stereocenters. The van der Waals surface area contributed by atoms with Gasteiger partial charge in [0, 0.05) is 19.4 Å². The van der Waals surface area contributed by atoms with Gasteiger partial charge in [0.2, 0.25) is 0 Å². The summed E-state index contributed by atoms with van der Waals surface area (Å²) in [4.78, 5) is 4.28. The second kappa shape index (κ2) is 4.46. The molecule has 1 unspecified atom stereocenters. The zero-order valence-electron chi connectivity index (χ0n) is 10.4. The zero-order valence-corrected chi connectivity index (χ0v) is 10.4. The van der Waals surface area contributed by atoms with Gasteiger partial charge in [-0.05, 0) is 30.5 Å². The average Bonchev–Trinajstić information content (AvgIpc) is 3.09. The van der Waals surface area contributed by atoms with Gasteiger partial charge in [-0.15, -0.1) is 0 Å². The molecule has 0 radical (unpaired) electrons. The molecule has 94 valence electrons. The van der Waals surface area contributed by atoms with Crippen LogP contribution in [-0.2, 0) is 7.05 Å². The first-order valence-corrected chi connectivity index (χ1v) is 6.23. The summed E-state index contributed by atoms with van der Waals surface area (Å²) >= 11 is 0. The smallest absolute Gasteiger partial charge is 0.129 e. The molecule has 1 aliphatic rings. The highest BCUT2D eigenvalue weighted by Gasteiger charge is 2.23. The first kappa shape index (κ1) is 11.3. The minimum absolute atomic E-state index is 0.194. The standard InChI is InChI=1S/C14H17N3O/c1-17-9-8-16-14(17)13(15)10-2-4-11(5-3-10)18-12-6-7-12/h2-5,8-9,12-13H,6-7,15H2,1H3. The van der Waals surface area contributed by atoms with Crippen molar-refractivity contribution in [3.05, 3.63) is 48.0 Å². The average molecular weight is 243 g/mol. The van der Waals surface area contributed by atoms with Crippen molar-refractivity contribution in [2.24, 2.45) is 12.8 Å². The molecule has 1 saturated carbocycles. The lowest BCUT2D eigenvalue weighted by Crippen LogP contribution is -2.16. The largest absolute Gasteiger partial charge is 0.490 e. The summed E-state index contributed by atoms with van der Waals surface area (Å²) in [5.74, 6) is 1.79. The lowest BCUT2D eigenvalue weighted by atomic mass is 10.1. The highest BCUT2D eigenvalue weighted by molar-refractivity contribution is 5.32. The molecule has 4 nitrogen and oxygen atoms in total. The zero-order chi connectivity index (χ0) is 12.5. The third-order valence-electron chi connectivity index (χ3n) is 3.20. The van der Waals surface area contributed by atoms with E-state index in [9.17, 15) is 0 Å². The number of benzene rings is 1. The Bertz CT molecular complexity index is 528. The van der Waals surface area contributed by atoms with E-state index in [4.69, 9.17) is 10.5 Å². The van der Waals surface area contributed by atoms with E-state index in [1.165, 1.54) is 12.8 Å². The summed E-state index contributed by atoms with van der Waals surface area (Å²) in [5, 5.41) is 0. The van der Waals surface area contributed by atoms with E-state index in [-0.39, 0.29) is 6.04 Å². The Balaban J connectivity index is 1.77. The monoisotopic (exact) mass is 243 g/mol. The highest BCUT2D eigenvalue weighted by Crippen LogP contribution is 2.27. The molecule has 2 aromatic rings. The third-order valence-corrected chi connectivity index (χ3v) is 3.20.